The number of ether oxygens (including phenoxy) is 1. The highest BCUT2D eigenvalue weighted by Gasteiger charge is 2.51. The van der Waals surface area contributed by atoms with Crippen molar-refractivity contribution < 1.29 is 14.3 Å². The first-order chi connectivity index (χ1) is 12.6. The van der Waals surface area contributed by atoms with Crippen molar-refractivity contribution in [2.45, 2.75) is 69.7 Å². The van der Waals surface area contributed by atoms with Gasteiger partial charge in [-0.3, -0.25) is 4.79 Å². The van der Waals surface area contributed by atoms with Crippen molar-refractivity contribution >= 4 is 23.2 Å². The topological polar surface area (TPSA) is 55.4 Å². The molecule has 5 aliphatic carbocycles. The third-order valence-corrected chi connectivity index (χ3v) is 8.15. The number of hydrogen-bond acceptors (Lipinski definition) is 4. The second-order valence-electron chi connectivity index (χ2n) is 9.08. The molecule has 0 spiro atoms. The molecule has 1 N–H and O–H groups in total. The fourth-order valence-electron chi connectivity index (χ4n) is 6.47. The van der Waals surface area contributed by atoms with Crippen LogP contribution in [0.25, 0.3) is 0 Å². The molecule has 140 valence electrons. The smallest absolute Gasteiger partial charge is 0.339 e. The number of carbonyl (C=O) groups excluding carboxylic acids is 2. The highest BCUT2D eigenvalue weighted by Crippen LogP contribution is 2.55. The lowest BCUT2D eigenvalue weighted by Crippen LogP contribution is -2.60. The number of aryl methyl sites for hydroxylation is 1. The maximum absolute atomic E-state index is 12.5. The summed E-state index contributed by atoms with van der Waals surface area (Å²) in [4.78, 5) is 26.3. The van der Waals surface area contributed by atoms with E-state index in [0.29, 0.717) is 5.56 Å². The number of hydrogen-bond donors (Lipinski definition) is 1. The van der Waals surface area contributed by atoms with Gasteiger partial charge in [0.1, 0.15) is 0 Å². The Bertz CT molecular complexity index is 702. The molecule has 0 aliphatic heterocycles. The maximum atomic E-state index is 12.5. The second kappa shape index (κ2) is 6.36. The molecule has 1 amide bonds. The minimum atomic E-state index is -0.329. The predicted molar refractivity (Wildman–Crippen MR) is 100 cm³/mol. The van der Waals surface area contributed by atoms with Crippen molar-refractivity contribution in [3.63, 3.8) is 0 Å². The molecule has 5 heteroatoms. The van der Waals surface area contributed by atoms with E-state index in [9.17, 15) is 9.59 Å². The molecule has 5 aliphatic rings. The van der Waals surface area contributed by atoms with E-state index in [1.807, 2.05) is 5.38 Å². The Morgan fingerprint density at radius 3 is 2.42 bits per heavy atom. The molecular weight excluding hydrogens is 346 g/mol. The first kappa shape index (κ1) is 16.8. The van der Waals surface area contributed by atoms with Crippen LogP contribution >= 0.6 is 11.3 Å². The normalized spacial score (nSPS) is 34.4. The molecule has 4 bridgehead atoms. The number of nitrogens with one attached hydrogen (secondary N) is 1. The summed E-state index contributed by atoms with van der Waals surface area (Å²) in [7, 11) is 0. The average molecular weight is 374 g/mol. The number of fused-ring (bicyclic) bond motifs is 1. The summed E-state index contributed by atoms with van der Waals surface area (Å²) in [5.41, 5.74) is 1.83. The summed E-state index contributed by atoms with van der Waals surface area (Å²) in [5, 5.41) is 5.19. The van der Waals surface area contributed by atoms with E-state index >= 15 is 0 Å². The van der Waals surface area contributed by atoms with E-state index in [0.717, 1.165) is 61.8 Å². The van der Waals surface area contributed by atoms with Crippen LogP contribution in [0, 0.1) is 17.8 Å². The molecule has 4 nitrogen and oxygen atoms in total. The Morgan fingerprint density at radius 2 is 1.73 bits per heavy atom. The summed E-state index contributed by atoms with van der Waals surface area (Å²) >= 11 is 1.66. The quantitative estimate of drug-likeness (QED) is 0.815. The van der Waals surface area contributed by atoms with Crippen molar-refractivity contribution in [3.05, 3.63) is 21.4 Å². The van der Waals surface area contributed by atoms with Crippen LogP contribution in [0.4, 0.5) is 0 Å². The van der Waals surface area contributed by atoms with Crippen LogP contribution in [-0.2, 0) is 22.4 Å². The molecule has 0 atom stereocenters. The molecule has 4 fully saturated rings. The molecule has 0 aromatic carbocycles. The number of rotatable bonds is 4. The molecule has 6 rings (SSSR count). The predicted octanol–water partition coefficient (Wildman–Crippen LogP) is 3.87. The van der Waals surface area contributed by atoms with E-state index in [4.69, 9.17) is 4.74 Å². The van der Waals surface area contributed by atoms with E-state index in [2.05, 4.69) is 5.32 Å². The minimum absolute atomic E-state index is 0.0141. The van der Waals surface area contributed by atoms with Gasteiger partial charge >= 0.3 is 5.97 Å². The number of thiophene rings is 1. The van der Waals surface area contributed by atoms with Crippen LogP contribution in [-0.4, -0.2) is 24.0 Å². The third kappa shape index (κ3) is 2.98. The van der Waals surface area contributed by atoms with E-state index in [-0.39, 0.29) is 24.0 Å². The van der Waals surface area contributed by atoms with Crippen LogP contribution < -0.4 is 5.32 Å². The summed E-state index contributed by atoms with van der Waals surface area (Å²) in [6.07, 6.45) is 11.8. The molecule has 0 radical (unpaired) electrons. The Kier molecular flexibility index (Phi) is 4.11. The van der Waals surface area contributed by atoms with E-state index in [1.54, 1.807) is 11.3 Å². The van der Waals surface area contributed by atoms with Crippen molar-refractivity contribution in [3.8, 4) is 0 Å². The fraction of sp³-hybridized carbons (Fsp3) is 0.714. The van der Waals surface area contributed by atoms with Crippen LogP contribution in [0.15, 0.2) is 5.38 Å². The Balaban J connectivity index is 1.19. The van der Waals surface area contributed by atoms with Gasteiger partial charge in [0.05, 0.1) is 5.56 Å². The van der Waals surface area contributed by atoms with E-state index in [1.165, 1.54) is 30.6 Å². The van der Waals surface area contributed by atoms with Crippen molar-refractivity contribution in [2.75, 3.05) is 6.61 Å². The largest absolute Gasteiger partial charge is 0.452 e. The van der Waals surface area contributed by atoms with Gasteiger partial charge in [0, 0.05) is 15.8 Å². The highest BCUT2D eigenvalue weighted by molar-refractivity contribution is 7.10. The van der Waals surface area contributed by atoms with Gasteiger partial charge < -0.3 is 10.1 Å². The highest BCUT2D eigenvalue weighted by atomic mass is 32.1. The zero-order chi connectivity index (χ0) is 17.7. The Hall–Kier alpha value is -1.36. The second-order valence-corrected chi connectivity index (χ2v) is 10.0. The Morgan fingerprint density at radius 1 is 1.08 bits per heavy atom. The van der Waals surface area contributed by atoms with Crippen LogP contribution in [0.2, 0.25) is 0 Å². The lowest BCUT2D eigenvalue weighted by molar-refractivity contribution is -0.130. The summed E-state index contributed by atoms with van der Waals surface area (Å²) < 4.78 is 5.38. The zero-order valence-corrected chi connectivity index (χ0v) is 16.0. The van der Waals surface area contributed by atoms with Gasteiger partial charge in [0.25, 0.3) is 5.91 Å². The summed E-state index contributed by atoms with van der Waals surface area (Å²) in [6, 6.07) is 0. The number of carbonyl (C=O) groups is 2. The van der Waals surface area contributed by atoms with Crippen molar-refractivity contribution in [1.82, 2.24) is 5.32 Å². The molecular formula is C21H27NO3S. The van der Waals surface area contributed by atoms with Gasteiger partial charge in [0.15, 0.2) is 6.61 Å². The maximum Gasteiger partial charge on any atom is 0.339 e. The van der Waals surface area contributed by atoms with Crippen LogP contribution in [0.1, 0.15) is 72.2 Å². The average Bonchev–Trinajstić information content (AvgIpc) is 3.02. The van der Waals surface area contributed by atoms with Crippen molar-refractivity contribution in [2.24, 2.45) is 17.8 Å². The first-order valence-electron chi connectivity index (χ1n) is 10.2. The molecule has 0 saturated heterocycles. The van der Waals surface area contributed by atoms with Crippen LogP contribution in [0.5, 0.6) is 0 Å². The number of amides is 1. The molecule has 26 heavy (non-hydrogen) atoms. The van der Waals surface area contributed by atoms with Gasteiger partial charge in [-0.2, -0.15) is 0 Å². The fourth-order valence-corrected chi connectivity index (χ4v) is 7.58. The first-order valence-corrected chi connectivity index (χ1v) is 11.1. The molecule has 0 unspecified atom stereocenters. The Labute approximate surface area is 158 Å². The molecule has 1 heterocycles. The van der Waals surface area contributed by atoms with Gasteiger partial charge in [0.2, 0.25) is 0 Å². The van der Waals surface area contributed by atoms with Crippen LogP contribution in [0.3, 0.4) is 0 Å². The molecule has 4 saturated carbocycles. The van der Waals surface area contributed by atoms with Crippen molar-refractivity contribution in [1.29, 1.82) is 0 Å². The summed E-state index contributed by atoms with van der Waals surface area (Å²) in [6.45, 7) is -0.148. The number of esters is 1. The lowest BCUT2D eigenvalue weighted by atomic mass is 9.53. The lowest BCUT2D eigenvalue weighted by Gasteiger charge is -2.56. The molecule has 1 aromatic rings. The van der Waals surface area contributed by atoms with Gasteiger partial charge in [-0.15, -0.1) is 11.3 Å². The van der Waals surface area contributed by atoms with Gasteiger partial charge in [-0.05, 0) is 87.5 Å². The minimum Gasteiger partial charge on any atom is -0.452 e. The third-order valence-electron chi connectivity index (χ3n) is 7.06. The standard InChI is InChI=1S/C21H27NO3S/c23-19(22-21-8-13-5-14(9-21)7-15(6-13)10-21)11-25-20(24)17-12-26-18-4-2-1-3-16(17)18/h12-15H,1-11H2,(H,22,23). The summed E-state index contributed by atoms with van der Waals surface area (Å²) in [5.74, 6) is 1.93. The van der Waals surface area contributed by atoms with E-state index < -0.39 is 0 Å². The van der Waals surface area contributed by atoms with Gasteiger partial charge in [-0.25, -0.2) is 4.79 Å². The molecule has 1 aromatic heterocycles. The van der Waals surface area contributed by atoms with Gasteiger partial charge in [-0.1, -0.05) is 0 Å². The monoisotopic (exact) mass is 373 g/mol. The SMILES string of the molecule is O=C(COC(=O)c1csc2c1CCCC2)NC12CC3CC(CC(C3)C1)C2. The zero-order valence-electron chi connectivity index (χ0n) is 15.2.